The third kappa shape index (κ3) is 3.06. The highest BCUT2D eigenvalue weighted by Crippen LogP contribution is 2.49. The fourth-order valence-corrected chi connectivity index (χ4v) is 7.55. The molecule has 0 atom stereocenters. The molecule has 0 radical (unpaired) electrons. The van der Waals surface area contributed by atoms with Gasteiger partial charge in [-0.05, 0) is 112 Å². The Morgan fingerprint density at radius 1 is 0.625 bits per heavy atom. The van der Waals surface area contributed by atoms with Crippen molar-refractivity contribution in [2.75, 3.05) is 0 Å². The van der Waals surface area contributed by atoms with Crippen LogP contribution in [0.4, 0.5) is 0 Å². The lowest BCUT2D eigenvalue weighted by Crippen LogP contribution is -2.25. The van der Waals surface area contributed by atoms with Crippen LogP contribution in [0.5, 0.6) is 0 Å². The van der Waals surface area contributed by atoms with Crippen LogP contribution in [0.2, 0.25) is 0 Å². The van der Waals surface area contributed by atoms with E-state index in [1.807, 2.05) is 0 Å². The highest BCUT2D eigenvalue weighted by molar-refractivity contribution is 7.73. The molecule has 0 nitrogen and oxygen atoms in total. The van der Waals surface area contributed by atoms with E-state index in [1.165, 1.54) is 59.1 Å². The Labute approximate surface area is 149 Å². The molecule has 0 aromatic heterocycles. The second kappa shape index (κ2) is 7.01. The SMILES string of the molecule is Cc1ccc(P(c2ccc(C)c(C)c2C)C2CCCC2)c(C)c1C. The van der Waals surface area contributed by atoms with Crippen molar-refractivity contribution >= 4 is 18.5 Å². The van der Waals surface area contributed by atoms with Crippen LogP contribution < -0.4 is 10.6 Å². The van der Waals surface area contributed by atoms with Gasteiger partial charge in [-0.1, -0.05) is 37.1 Å². The molecule has 0 spiro atoms. The number of aryl methyl sites for hydroxylation is 2. The maximum Gasteiger partial charge on any atom is -0.0129 e. The van der Waals surface area contributed by atoms with Crippen molar-refractivity contribution in [1.29, 1.82) is 0 Å². The third-order valence-corrected chi connectivity index (χ3v) is 9.52. The van der Waals surface area contributed by atoms with Gasteiger partial charge in [0, 0.05) is 0 Å². The average Bonchev–Trinajstić information content (AvgIpc) is 3.09. The van der Waals surface area contributed by atoms with Crippen molar-refractivity contribution < 1.29 is 0 Å². The molecule has 1 aliphatic carbocycles. The fourth-order valence-electron chi connectivity index (χ4n) is 4.09. The zero-order chi connectivity index (χ0) is 17.4. The van der Waals surface area contributed by atoms with Crippen LogP contribution in [0.25, 0.3) is 0 Å². The van der Waals surface area contributed by atoms with E-state index in [9.17, 15) is 0 Å². The Morgan fingerprint density at radius 3 is 1.46 bits per heavy atom. The van der Waals surface area contributed by atoms with Crippen molar-refractivity contribution in [3.63, 3.8) is 0 Å². The Hall–Kier alpha value is -1.13. The third-order valence-electron chi connectivity index (χ3n) is 6.27. The summed E-state index contributed by atoms with van der Waals surface area (Å²) in [5.74, 6) is 0. The zero-order valence-electron chi connectivity index (χ0n) is 16.2. The lowest BCUT2D eigenvalue weighted by atomic mass is 10.0. The van der Waals surface area contributed by atoms with Gasteiger partial charge in [0.15, 0.2) is 0 Å². The molecule has 0 unspecified atom stereocenters. The quantitative estimate of drug-likeness (QED) is 0.610. The van der Waals surface area contributed by atoms with Crippen molar-refractivity contribution in [3.8, 4) is 0 Å². The first-order valence-electron chi connectivity index (χ1n) is 9.34. The van der Waals surface area contributed by atoms with Crippen molar-refractivity contribution in [1.82, 2.24) is 0 Å². The summed E-state index contributed by atoms with van der Waals surface area (Å²) in [5.41, 5.74) is 9.75. The molecule has 2 aromatic rings. The second-order valence-electron chi connectivity index (χ2n) is 7.61. The predicted molar refractivity (Wildman–Crippen MR) is 110 cm³/mol. The summed E-state index contributed by atoms with van der Waals surface area (Å²) >= 11 is 0. The van der Waals surface area contributed by atoms with Crippen LogP contribution in [-0.2, 0) is 0 Å². The highest BCUT2D eigenvalue weighted by atomic mass is 31.1. The molecule has 0 heterocycles. The Bertz CT molecular complexity index is 694. The highest BCUT2D eigenvalue weighted by Gasteiger charge is 2.30. The number of hydrogen-bond donors (Lipinski definition) is 0. The van der Waals surface area contributed by atoms with Gasteiger partial charge >= 0.3 is 0 Å². The smallest absolute Gasteiger partial charge is 0.0129 e. The topological polar surface area (TPSA) is 0 Å². The lowest BCUT2D eigenvalue weighted by Gasteiger charge is -2.30. The minimum Gasteiger partial charge on any atom is -0.0584 e. The lowest BCUT2D eigenvalue weighted by molar-refractivity contribution is 0.886. The van der Waals surface area contributed by atoms with E-state index in [1.54, 1.807) is 10.6 Å². The number of benzene rings is 2. The van der Waals surface area contributed by atoms with E-state index in [2.05, 4.69) is 65.8 Å². The first-order valence-corrected chi connectivity index (χ1v) is 10.8. The summed E-state index contributed by atoms with van der Waals surface area (Å²) in [6, 6.07) is 9.57. The maximum atomic E-state index is 2.44. The molecule has 3 rings (SSSR count). The summed E-state index contributed by atoms with van der Waals surface area (Å²) in [4.78, 5) is 0. The molecule has 24 heavy (non-hydrogen) atoms. The van der Waals surface area contributed by atoms with E-state index in [0.29, 0.717) is 0 Å². The summed E-state index contributed by atoms with van der Waals surface area (Å²) in [5, 5.41) is 3.26. The molecule has 0 bridgehead atoms. The van der Waals surface area contributed by atoms with Crippen LogP contribution in [0.1, 0.15) is 59.1 Å². The van der Waals surface area contributed by atoms with Gasteiger partial charge < -0.3 is 0 Å². The molecule has 2 aromatic carbocycles. The van der Waals surface area contributed by atoms with Gasteiger partial charge in [0.2, 0.25) is 0 Å². The van der Waals surface area contributed by atoms with E-state index < -0.39 is 0 Å². The molecular formula is C23H31P. The number of hydrogen-bond acceptors (Lipinski definition) is 0. The van der Waals surface area contributed by atoms with Gasteiger partial charge in [-0.2, -0.15) is 0 Å². The van der Waals surface area contributed by atoms with Gasteiger partial charge in [0.1, 0.15) is 0 Å². The molecule has 0 saturated heterocycles. The molecule has 0 aliphatic heterocycles. The first-order chi connectivity index (χ1) is 11.4. The van der Waals surface area contributed by atoms with Crippen molar-refractivity contribution in [2.24, 2.45) is 0 Å². The van der Waals surface area contributed by atoms with E-state index in [-0.39, 0.29) is 7.92 Å². The van der Waals surface area contributed by atoms with Crippen molar-refractivity contribution in [3.05, 3.63) is 57.6 Å². The van der Waals surface area contributed by atoms with E-state index >= 15 is 0 Å². The monoisotopic (exact) mass is 338 g/mol. The first kappa shape index (κ1) is 17.7. The van der Waals surface area contributed by atoms with Gasteiger partial charge in [-0.25, -0.2) is 0 Å². The zero-order valence-corrected chi connectivity index (χ0v) is 17.1. The molecular weight excluding hydrogens is 307 g/mol. The minimum absolute atomic E-state index is 0.251. The minimum atomic E-state index is -0.251. The molecule has 0 amide bonds. The molecule has 1 heteroatoms. The van der Waals surface area contributed by atoms with Gasteiger partial charge in [-0.15, -0.1) is 0 Å². The molecule has 1 fully saturated rings. The molecule has 128 valence electrons. The summed E-state index contributed by atoms with van der Waals surface area (Å²) in [6.07, 6.45) is 5.64. The summed E-state index contributed by atoms with van der Waals surface area (Å²) in [7, 11) is -0.251. The normalized spacial score (nSPS) is 15.5. The van der Waals surface area contributed by atoms with E-state index in [4.69, 9.17) is 0 Å². The maximum absolute atomic E-state index is 2.44. The van der Waals surface area contributed by atoms with E-state index in [0.717, 1.165) is 5.66 Å². The Morgan fingerprint density at radius 2 is 1.04 bits per heavy atom. The van der Waals surface area contributed by atoms with Crippen LogP contribution >= 0.6 is 7.92 Å². The van der Waals surface area contributed by atoms with Gasteiger partial charge in [-0.3, -0.25) is 0 Å². The molecule has 0 N–H and O–H groups in total. The second-order valence-corrected chi connectivity index (χ2v) is 10.0. The van der Waals surface area contributed by atoms with Gasteiger partial charge in [0.25, 0.3) is 0 Å². The van der Waals surface area contributed by atoms with Crippen molar-refractivity contribution in [2.45, 2.75) is 72.9 Å². The number of rotatable bonds is 3. The molecule has 1 aliphatic rings. The van der Waals surface area contributed by atoms with Crippen LogP contribution in [0.3, 0.4) is 0 Å². The Kier molecular flexibility index (Phi) is 5.16. The average molecular weight is 338 g/mol. The van der Waals surface area contributed by atoms with Crippen LogP contribution in [0, 0.1) is 41.5 Å². The molecule has 1 saturated carbocycles. The summed E-state index contributed by atoms with van der Waals surface area (Å²) < 4.78 is 0. The standard InChI is InChI=1S/C23H31P/c1-15-11-13-22(19(5)17(15)3)24(21-9-7-8-10-21)23-14-12-16(2)18(4)20(23)6/h11-14,21H,7-10H2,1-6H3. The van der Waals surface area contributed by atoms with Crippen LogP contribution in [0.15, 0.2) is 24.3 Å². The predicted octanol–water partition coefficient (Wildman–Crippen LogP) is 5.91. The largest absolute Gasteiger partial charge is 0.0584 e. The van der Waals surface area contributed by atoms with Gasteiger partial charge in [0.05, 0.1) is 0 Å². The van der Waals surface area contributed by atoms with Crippen LogP contribution in [-0.4, -0.2) is 5.66 Å². The summed E-state index contributed by atoms with van der Waals surface area (Å²) in [6.45, 7) is 13.8. The fraction of sp³-hybridized carbons (Fsp3) is 0.478. The Balaban J connectivity index is 2.19.